The van der Waals surface area contributed by atoms with Crippen molar-refractivity contribution in [2.45, 2.75) is 13.8 Å². The first-order valence-electron chi connectivity index (χ1n) is 5.37. The monoisotopic (exact) mass is 232 g/mol. The quantitative estimate of drug-likeness (QED) is 0.573. The minimum absolute atomic E-state index is 0.229. The van der Waals surface area contributed by atoms with Crippen LogP contribution in [-0.2, 0) is 9.59 Å². The largest absolute Gasteiger partial charge is 0.480 e. The zero-order chi connectivity index (χ0) is 12.6. The van der Waals surface area contributed by atoms with Crippen LogP contribution in [0, 0.1) is 0 Å². The van der Waals surface area contributed by atoms with Crippen LogP contribution in [0.4, 0.5) is 0 Å². The van der Waals surface area contributed by atoms with E-state index in [-0.39, 0.29) is 13.1 Å². The van der Waals surface area contributed by atoms with Gasteiger partial charge in [0.15, 0.2) is 0 Å². The third-order valence-corrected chi connectivity index (χ3v) is 2.34. The highest BCUT2D eigenvalue weighted by Gasteiger charge is 2.13. The second-order valence-electron chi connectivity index (χ2n) is 3.53. The van der Waals surface area contributed by atoms with Gasteiger partial charge in [-0.2, -0.15) is 0 Å². The molecule has 0 radical (unpaired) electrons. The molecule has 16 heavy (non-hydrogen) atoms. The lowest BCUT2D eigenvalue weighted by molar-refractivity contribution is -0.141. The van der Waals surface area contributed by atoms with Gasteiger partial charge in [-0.15, -0.1) is 0 Å². The van der Waals surface area contributed by atoms with Gasteiger partial charge in [-0.3, -0.25) is 14.5 Å². The first-order chi connectivity index (χ1) is 7.49. The molecule has 6 nitrogen and oxygen atoms in total. The lowest BCUT2D eigenvalue weighted by Gasteiger charge is -2.23. The van der Waals surface area contributed by atoms with Gasteiger partial charge in [-0.25, -0.2) is 0 Å². The molecule has 0 rings (SSSR count). The van der Waals surface area contributed by atoms with Crippen LogP contribution in [0.25, 0.3) is 0 Å². The Kier molecular flexibility index (Phi) is 7.49. The van der Waals surface area contributed by atoms with E-state index in [9.17, 15) is 9.59 Å². The average molecular weight is 232 g/mol. The third kappa shape index (κ3) is 7.19. The topological polar surface area (TPSA) is 81.1 Å². The van der Waals surface area contributed by atoms with E-state index in [0.29, 0.717) is 13.1 Å². The zero-order valence-corrected chi connectivity index (χ0v) is 9.85. The van der Waals surface area contributed by atoms with Crippen molar-refractivity contribution in [2.75, 3.05) is 39.3 Å². The lowest BCUT2D eigenvalue weighted by atomic mass is 10.4. The van der Waals surface area contributed by atoms with E-state index >= 15 is 0 Å². The molecule has 0 aliphatic rings. The van der Waals surface area contributed by atoms with Gasteiger partial charge in [-0.1, -0.05) is 13.8 Å². The smallest absolute Gasteiger partial charge is 0.317 e. The van der Waals surface area contributed by atoms with Crippen LogP contribution >= 0.6 is 0 Å². The van der Waals surface area contributed by atoms with Crippen LogP contribution in [-0.4, -0.2) is 71.2 Å². The van der Waals surface area contributed by atoms with Crippen molar-refractivity contribution < 1.29 is 19.8 Å². The summed E-state index contributed by atoms with van der Waals surface area (Å²) >= 11 is 0. The summed E-state index contributed by atoms with van der Waals surface area (Å²) in [7, 11) is 0. The Hall–Kier alpha value is -1.14. The highest BCUT2D eigenvalue weighted by Crippen LogP contribution is 1.92. The fourth-order valence-electron chi connectivity index (χ4n) is 1.42. The number of aliphatic carboxylic acids is 2. The molecular weight excluding hydrogens is 212 g/mol. The Morgan fingerprint density at radius 2 is 1.25 bits per heavy atom. The Bertz CT molecular complexity index is 213. The van der Waals surface area contributed by atoms with E-state index in [1.54, 1.807) is 0 Å². The number of carbonyl (C=O) groups is 2. The molecule has 0 aromatic carbocycles. The Morgan fingerprint density at radius 3 is 1.56 bits per heavy atom. The summed E-state index contributed by atoms with van der Waals surface area (Å²) in [5, 5.41) is 17.3. The highest BCUT2D eigenvalue weighted by molar-refractivity contribution is 5.72. The summed E-state index contributed by atoms with van der Waals surface area (Å²) in [6.45, 7) is 6.48. The molecule has 0 amide bonds. The molecule has 0 atom stereocenters. The fraction of sp³-hybridized carbons (Fsp3) is 0.800. The van der Waals surface area contributed by atoms with Crippen molar-refractivity contribution in [1.82, 2.24) is 9.80 Å². The van der Waals surface area contributed by atoms with Gasteiger partial charge in [0.1, 0.15) is 0 Å². The van der Waals surface area contributed by atoms with Crippen molar-refractivity contribution in [3.05, 3.63) is 0 Å². The summed E-state index contributed by atoms with van der Waals surface area (Å²) in [5.41, 5.74) is 0. The van der Waals surface area contributed by atoms with Crippen molar-refractivity contribution in [3.63, 3.8) is 0 Å². The highest BCUT2D eigenvalue weighted by atomic mass is 16.4. The predicted octanol–water partition coefficient (Wildman–Crippen LogP) is -0.201. The molecule has 0 aliphatic carbocycles. The third-order valence-electron chi connectivity index (χ3n) is 2.34. The predicted molar refractivity (Wildman–Crippen MR) is 59.5 cm³/mol. The number of nitrogens with zero attached hydrogens (tertiary/aromatic N) is 2. The molecule has 0 aliphatic heterocycles. The van der Waals surface area contributed by atoms with E-state index in [1.165, 1.54) is 4.90 Å². The van der Waals surface area contributed by atoms with E-state index in [2.05, 4.69) is 4.90 Å². The molecule has 0 fully saturated rings. The molecule has 0 saturated carbocycles. The number of hydrogen-bond donors (Lipinski definition) is 2. The van der Waals surface area contributed by atoms with Gasteiger partial charge in [0, 0.05) is 13.1 Å². The number of rotatable bonds is 9. The normalized spacial score (nSPS) is 11.0. The lowest BCUT2D eigenvalue weighted by Crippen LogP contribution is -2.40. The summed E-state index contributed by atoms with van der Waals surface area (Å²) in [6.07, 6.45) is 0. The van der Waals surface area contributed by atoms with Gasteiger partial charge in [-0.05, 0) is 13.1 Å². The molecule has 94 valence electrons. The maximum atomic E-state index is 10.5. The molecule has 0 bridgehead atoms. The summed E-state index contributed by atoms with van der Waals surface area (Å²) in [4.78, 5) is 24.6. The van der Waals surface area contributed by atoms with Crippen LogP contribution < -0.4 is 0 Å². The van der Waals surface area contributed by atoms with Gasteiger partial charge >= 0.3 is 11.9 Å². The maximum Gasteiger partial charge on any atom is 0.317 e. The Balaban J connectivity index is 4.09. The molecular formula is C10H20N2O4. The van der Waals surface area contributed by atoms with E-state index in [4.69, 9.17) is 10.2 Å². The Morgan fingerprint density at radius 1 is 0.875 bits per heavy atom. The van der Waals surface area contributed by atoms with Gasteiger partial charge in [0.05, 0.1) is 13.1 Å². The summed E-state index contributed by atoms with van der Waals surface area (Å²) in [5.74, 6) is -2.00. The number of carboxylic acids is 2. The second kappa shape index (κ2) is 8.06. The average Bonchev–Trinajstić information content (AvgIpc) is 2.17. The Labute approximate surface area is 95.5 Å². The molecule has 0 aromatic rings. The minimum atomic E-state index is -0.999. The van der Waals surface area contributed by atoms with Crippen LogP contribution in [0.1, 0.15) is 13.8 Å². The molecule has 0 unspecified atom stereocenters. The molecule has 0 aromatic heterocycles. The van der Waals surface area contributed by atoms with Gasteiger partial charge < -0.3 is 15.1 Å². The van der Waals surface area contributed by atoms with Gasteiger partial charge in [0.2, 0.25) is 0 Å². The molecule has 0 heterocycles. The van der Waals surface area contributed by atoms with Crippen molar-refractivity contribution in [2.24, 2.45) is 0 Å². The summed E-state index contributed by atoms with van der Waals surface area (Å²) < 4.78 is 0. The number of carboxylic acid groups (broad SMARTS) is 2. The molecule has 6 heteroatoms. The van der Waals surface area contributed by atoms with Crippen LogP contribution in [0.15, 0.2) is 0 Å². The summed E-state index contributed by atoms with van der Waals surface area (Å²) in [6, 6.07) is 0. The second-order valence-corrected chi connectivity index (χ2v) is 3.53. The van der Waals surface area contributed by atoms with Crippen molar-refractivity contribution >= 4 is 11.9 Å². The SMILES string of the molecule is CCN(CC)CCN(CC(=O)O)CC(=O)O. The molecule has 0 spiro atoms. The molecule has 0 saturated heterocycles. The first kappa shape index (κ1) is 14.9. The van der Waals surface area contributed by atoms with E-state index < -0.39 is 11.9 Å². The van der Waals surface area contributed by atoms with Crippen LogP contribution in [0.3, 0.4) is 0 Å². The van der Waals surface area contributed by atoms with Crippen LogP contribution in [0.2, 0.25) is 0 Å². The number of hydrogen-bond acceptors (Lipinski definition) is 4. The first-order valence-corrected chi connectivity index (χ1v) is 5.37. The van der Waals surface area contributed by atoms with E-state index in [0.717, 1.165) is 13.1 Å². The fourth-order valence-corrected chi connectivity index (χ4v) is 1.42. The standard InChI is InChI=1S/C10H20N2O4/c1-3-11(4-2)5-6-12(7-9(13)14)8-10(15)16/h3-8H2,1-2H3,(H,13,14)(H,15,16). The maximum absolute atomic E-state index is 10.5. The van der Waals surface area contributed by atoms with E-state index in [1.807, 2.05) is 13.8 Å². The number of likely N-dealkylation sites (N-methyl/N-ethyl adjacent to an activating group) is 1. The minimum Gasteiger partial charge on any atom is -0.480 e. The molecule has 2 N–H and O–H groups in total. The zero-order valence-electron chi connectivity index (χ0n) is 9.85. The van der Waals surface area contributed by atoms with Crippen LogP contribution in [0.5, 0.6) is 0 Å². The van der Waals surface area contributed by atoms with Gasteiger partial charge in [0.25, 0.3) is 0 Å². The van der Waals surface area contributed by atoms with Crippen molar-refractivity contribution in [3.8, 4) is 0 Å². The van der Waals surface area contributed by atoms with Crippen molar-refractivity contribution in [1.29, 1.82) is 0 Å².